The molecule has 1 rings (SSSR count). The van der Waals surface area contributed by atoms with Crippen LogP contribution in [0.1, 0.15) is 0 Å². The summed E-state index contributed by atoms with van der Waals surface area (Å²) in [5.41, 5.74) is 5.48. The second kappa shape index (κ2) is 5.99. The zero-order valence-electron chi connectivity index (χ0n) is 8.34. The lowest BCUT2D eigenvalue weighted by Gasteiger charge is -2.16. The van der Waals surface area contributed by atoms with Gasteiger partial charge in [0.2, 0.25) is 0 Å². The monoisotopic (exact) mass is 277 g/mol. The summed E-state index contributed by atoms with van der Waals surface area (Å²) in [6, 6.07) is 1.20. The number of methoxy groups -OCH3 is 1. The van der Waals surface area contributed by atoms with Gasteiger partial charge in [0.25, 0.3) is 0 Å². The number of pyridine rings is 1. The van der Waals surface area contributed by atoms with Gasteiger partial charge in [0.15, 0.2) is 11.6 Å². The predicted molar refractivity (Wildman–Crippen MR) is 60.2 cm³/mol. The van der Waals surface area contributed by atoms with Gasteiger partial charge in [0.1, 0.15) is 0 Å². The van der Waals surface area contributed by atoms with Crippen molar-refractivity contribution in [1.82, 2.24) is 4.98 Å². The first kappa shape index (κ1) is 12.4. The highest BCUT2D eigenvalue weighted by atomic mass is 79.9. The Hall–Kier alpha value is -0.720. The number of nitrogens with one attached hydrogen (secondary N) is 1. The topological polar surface area (TPSA) is 60.2 Å². The fourth-order valence-corrected chi connectivity index (χ4v) is 1.39. The minimum Gasteiger partial charge on any atom is -0.383 e. The third-order valence-electron chi connectivity index (χ3n) is 1.80. The van der Waals surface area contributed by atoms with Crippen molar-refractivity contribution in [3.8, 4) is 0 Å². The molecule has 0 saturated heterocycles. The third-order valence-corrected chi connectivity index (χ3v) is 2.23. The highest BCUT2D eigenvalue weighted by Gasteiger charge is 2.10. The van der Waals surface area contributed by atoms with Crippen LogP contribution in [-0.2, 0) is 4.74 Å². The maximum absolute atomic E-state index is 13.4. The van der Waals surface area contributed by atoms with Crippen molar-refractivity contribution in [2.24, 2.45) is 5.73 Å². The molecular formula is C9H13BrFN3O. The SMILES string of the molecule is COCC(CN)Nc1ncc(Br)cc1F. The second-order valence-corrected chi connectivity index (χ2v) is 3.93. The zero-order valence-corrected chi connectivity index (χ0v) is 9.92. The van der Waals surface area contributed by atoms with Crippen molar-refractivity contribution < 1.29 is 9.13 Å². The molecule has 1 aromatic rings. The number of hydrogen-bond acceptors (Lipinski definition) is 4. The summed E-state index contributed by atoms with van der Waals surface area (Å²) in [4.78, 5) is 3.90. The van der Waals surface area contributed by atoms with E-state index in [4.69, 9.17) is 10.5 Å². The smallest absolute Gasteiger partial charge is 0.166 e. The highest BCUT2D eigenvalue weighted by molar-refractivity contribution is 9.10. The number of ether oxygens (including phenoxy) is 1. The summed E-state index contributed by atoms with van der Waals surface area (Å²) in [7, 11) is 1.57. The fraction of sp³-hybridized carbons (Fsp3) is 0.444. The molecule has 84 valence electrons. The van der Waals surface area contributed by atoms with E-state index in [2.05, 4.69) is 26.2 Å². The van der Waals surface area contributed by atoms with Crippen molar-refractivity contribution in [3.05, 3.63) is 22.6 Å². The lowest BCUT2D eigenvalue weighted by atomic mass is 10.3. The summed E-state index contributed by atoms with van der Waals surface area (Å²) >= 11 is 3.13. The van der Waals surface area contributed by atoms with E-state index >= 15 is 0 Å². The van der Waals surface area contributed by atoms with Gasteiger partial charge in [0, 0.05) is 24.3 Å². The molecule has 15 heavy (non-hydrogen) atoms. The van der Waals surface area contributed by atoms with Crippen molar-refractivity contribution in [1.29, 1.82) is 0 Å². The number of hydrogen-bond donors (Lipinski definition) is 2. The lowest BCUT2D eigenvalue weighted by Crippen LogP contribution is -2.33. The average Bonchev–Trinajstić information content (AvgIpc) is 2.21. The molecule has 1 unspecified atom stereocenters. The molecule has 0 radical (unpaired) electrons. The fourth-order valence-electron chi connectivity index (χ4n) is 1.08. The molecule has 0 aliphatic rings. The van der Waals surface area contributed by atoms with Crippen LogP contribution in [0.3, 0.4) is 0 Å². The molecule has 0 aliphatic carbocycles. The van der Waals surface area contributed by atoms with Gasteiger partial charge < -0.3 is 15.8 Å². The maximum atomic E-state index is 13.4. The number of nitrogens with zero attached hydrogens (tertiary/aromatic N) is 1. The van der Waals surface area contributed by atoms with E-state index in [9.17, 15) is 4.39 Å². The van der Waals surface area contributed by atoms with Crippen molar-refractivity contribution in [3.63, 3.8) is 0 Å². The molecule has 4 nitrogen and oxygen atoms in total. The number of aromatic nitrogens is 1. The van der Waals surface area contributed by atoms with Crippen LogP contribution in [0, 0.1) is 5.82 Å². The van der Waals surface area contributed by atoms with Crippen LogP contribution < -0.4 is 11.1 Å². The molecule has 0 aliphatic heterocycles. The zero-order chi connectivity index (χ0) is 11.3. The quantitative estimate of drug-likeness (QED) is 0.854. The Morgan fingerprint density at radius 3 is 3.00 bits per heavy atom. The Kier molecular flexibility index (Phi) is 4.93. The van der Waals surface area contributed by atoms with Gasteiger partial charge in [-0.3, -0.25) is 0 Å². The number of anilines is 1. The maximum Gasteiger partial charge on any atom is 0.166 e. The Morgan fingerprint density at radius 1 is 1.73 bits per heavy atom. The lowest BCUT2D eigenvalue weighted by molar-refractivity contribution is 0.187. The van der Waals surface area contributed by atoms with Crippen LogP contribution in [0.2, 0.25) is 0 Å². The first-order chi connectivity index (χ1) is 7.17. The first-order valence-electron chi connectivity index (χ1n) is 4.44. The van der Waals surface area contributed by atoms with Crippen molar-refractivity contribution >= 4 is 21.7 Å². The molecule has 0 aromatic carbocycles. The number of rotatable bonds is 5. The van der Waals surface area contributed by atoms with E-state index in [-0.39, 0.29) is 11.9 Å². The Balaban J connectivity index is 2.70. The highest BCUT2D eigenvalue weighted by Crippen LogP contribution is 2.16. The molecule has 0 saturated carbocycles. The van der Waals surface area contributed by atoms with Gasteiger partial charge in [-0.2, -0.15) is 0 Å². The molecule has 0 fully saturated rings. The number of halogens is 2. The van der Waals surface area contributed by atoms with E-state index < -0.39 is 5.82 Å². The van der Waals surface area contributed by atoms with E-state index in [0.29, 0.717) is 17.6 Å². The van der Waals surface area contributed by atoms with Gasteiger partial charge in [-0.1, -0.05) is 0 Å². The largest absolute Gasteiger partial charge is 0.383 e. The Morgan fingerprint density at radius 2 is 2.47 bits per heavy atom. The predicted octanol–water partition coefficient (Wildman–Crippen LogP) is 1.37. The molecule has 0 spiro atoms. The Labute approximate surface area is 96.1 Å². The summed E-state index contributed by atoms with van der Waals surface area (Å²) in [6.07, 6.45) is 1.52. The van der Waals surface area contributed by atoms with E-state index in [1.54, 1.807) is 7.11 Å². The van der Waals surface area contributed by atoms with E-state index in [1.807, 2.05) is 0 Å². The molecule has 0 amide bonds. The summed E-state index contributed by atoms with van der Waals surface area (Å²) < 4.78 is 18.9. The summed E-state index contributed by atoms with van der Waals surface area (Å²) in [5, 5.41) is 2.87. The number of nitrogens with two attached hydrogens (primary N) is 1. The molecule has 6 heteroatoms. The van der Waals surface area contributed by atoms with E-state index in [0.717, 1.165) is 0 Å². The van der Waals surface area contributed by atoms with Crippen molar-refractivity contribution in [2.45, 2.75) is 6.04 Å². The molecule has 1 heterocycles. The normalized spacial score (nSPS) is 12.5. The van der Waals surface area contributed by atoms with Crippen LogP contribution in [0.4, 0.5) is 10.2 Å². The molecule has 0 bridgehead atoms. The molecule has 1 atom stereocenters. The standard InChI is InChI=1S/C9H13BrFN3O/c1-15-5-7(3-12)14-9-8(11)2-6(10)4-13-9/h2,4,7H,3,5,12H2,1H3,(H,13,14). The van der Waals surface area contributed by atoms with Crippen LogP contribution in [-0.4, -0.2) is 31.3 Å². The molecule has 3 N–H and O–H groups in total. The van der Waals surface area contributed by atoms with Gasteiger partial charge in [0.05, 0.1) is 12.6 Å². The van der Waals surface area contributed by atoms with Gasteiger partial charge in [-0.15, -0.1) is 0 Å². The van der Waals surface area contributed by atoms with Gasteiger partial charge >= 0.3 is 0 Å². The molecular weight excluding hydrogens is 265 g/mol. The third kappa shape index (κ3) is 3.73. The van der Waals surface area contributed by atoms with Crippen LogP contribution in [0.5, 0.6) is 0 Å². The minimum atomic E-state index is -0.418. The van der Waals surface area contributed by atoms with Gasteiger partial charge in [-0.25, -0.2) is 9.37 Å². The van der Waals surface area contributed by atoms with Crippen LogP contribution >= 0.6 is 15.9 Å². The van der Waals surface area contributed by atoms with Crippen LogP contribution in [0.25, 0.3) is 0 Å². The first-order valence-corrected chi connectivity index (χ1v) is 5.23. The van der Waals surface area contributed by atoms with E-state index in [1.165, 1.54) is 12.3 Å². The Bertz CT molecular complexity index is 324. The average molecular weight is 278 g/mol. The van der Waals surface area contributed by atoms with Gasteiger partial charge in [-0.05, 0) is 22.0 Å². The minimum absolute atomic E-state index is 0.141. The second-order valence-electron chi connectivity index (χ2n) is 3.02. The summed E-state index contributed by atoms with van der Waals surface area (Å²) in [5.74, 6) is -0.232. The van der Waals surface area contributed by atoms with Crippen LogP contribution in [0.15, 0.2) is 16.7 Å². The van der Waals surface area contributed by atoms with Crippen molar-refractivity contribution in [2.75, 3.05) is 25.6 Å². The molecule has 1 aromatic heterocycles. The summed E-state index contributed by atoms with van der Waals surface area (Å²) in [6.45, 7) is 0.763.